The first kappa shape index (κ1) is 14.5. The van der Waals surface area contributed by atoms with Crippen molar-refractivity contribution >= 4 is 21.8 Å². The highest BCUT2D eigenvalue weighted by Gasteiger charge is 2.18. The van der Waals surface area contributed by atoms with Crippen LogP contribution in [0.3, 0.4) is 0 Å². The summed E-state index contributed by atoms with van der Waals surface area (Å²) in [5.74, 6) is 0.104. The lowest BCUT2D eigenvalue weighted by Gasteiger charge is -2.30. The third-order valence-corrected chi connectivity index (χ3v) is 3.76. The molecule has 1 saturated heterocycles. The zero-order valence-corrected chi connectivity index (χ0v) is 12.7. The number of nitrogens with one attached hydrogen (secondary N) is 2. The van der Waals surface area contributed by atoms with Gasteiger partial charge in [-0.05, 0) is 24.7 Å². The summed E-state index contributed by atoms with van der Waals surface area (Å²) in [4.78, 5) is 14.1. The van der Waals surface area contributed by atoms with Crippen LogP contribution in [0.15, 0.2) is 28.7 Å². The number of carbonyl (C=O) groups is 1. The lowest BCUT2D eigenvalue weighted by Crippen LogP contribution is -2.50. The van der Waals surface area contributed by atoms with E-state index in [1.54, 1.807) is 0 Å². The number of piperazine rings is 1. The normalized spacial score (nSPS) is 20.2. The van der Waals surface area contributed by atoms with Gasteiger partial charge < -0.3 is 15.5 Å². The van der Waals surface area contributed by atoms with E-state index in [-0.39, 0.29) is 11.9 Å². The number of likely N-dealkylation sites (N-methyl/N-ethyl adjacent to an activating group) is 1. The van der Waals surface area contributed by atoms with Gasteiger partial charge in [-0.2, -0.15) is 0 Å². The maximum Gasteiger partial charge on any atom is 0.221 e. The highest BCUT2D eigenvalue weighted by Crippen LogP contribution is 2.11. The smallest absolute Gasteiger partial charge is 0.221 e. The van der Waals surface area contributed by atoms with Crippen molar-refractivity contribution in [1.29, 1.82) is 0 Å². The molecule has 1 aliphatic heterocycles. The molecule has 0 radical (unpaired) electrons. The summed E-state index contributed by atoms with van der Waals surface area (Å²) in [6.07, 6.45) is 0.540. The molecular formula is C14H20BrN3O. The quantitative estimate of drug-likeness (QED) is 0.878. The number of benzene rings is 1. The molecule has 0 aliphatic carbocycles. The van der Waals surface area contributed by atoms with Gasteiger partial charge >= 0.3 is 0 Å². The fourth-order valence-electron chi connectivity index (χ4n) is 2.27. The Morgan fingerprint density at radius 2 is 2.42 bits per heavy atom. The lowest BCUT2D eigenvalue weighted by molar-refractivity contribution is -0.121. The average Bonchev–Trinajstić information content (AvgIpc) is 2.36. The number of nitrogens with zero attached hydrogens (tertiary/aromatic N) is 1. The zero-order valence-electron chi connectivity index (χ0n) is 11.2. The fourth-order valence-corrected chi connectivity index (χ4v) is 2.72. The first-order chi connectivity index (χ1) is 9.13. The highest BCUT2D eigenvalue weighted by molar-refractivity contribution is 9.10. The predicted molar refractivity (Wildman–Crippen MR) is 79.9 cm³/mol. The van der Waals surface area contributed by atoms with Gasteiger partial charge in [0.1, 0.15) is 0 Å². The number of halogens is 1. The molecule has 0 spiro atoms. The Bertz CT molecular complexity index is 438. The summed E-state index contributed by atoms with van der Waals surface area (Å²) >= 11 is 3.43. The Hall–Kier alpha value is -0.910. The van der Waals surface area contributed by atoms with Crippen molar-refractivity contribution in [3.05, 3.63) is 34.3 Å². The minimum Gasteiger partial charge on any atom is -0.352 e. The number of hydrogen-bond acceptors (Lipinski definition) is 3. The third-order valence-electron chi connectivity index (χ3n) is 3.27. The largest absolute Gasteiger partial charge is 0.352 e. The van der Waals surface area contributed by atoms with Crippen molar-refractivity contribution in [1.82, 2.24) is 15.5 Å². The summed E-state index contributed by atoms with van der Waals surface area (Å²) < 4.78 is 1.04. The van der Waals surface area contributed by atoms with Crippen molar-refractivity contribution < 1.29 is 4.79 Å². The maximum absolute atomic E-state index is 11.9. The molecule has 4 nitrogen and oxygen atoms in total. The van der Waals surface area contributed by atoms with Gasteiger partial charge in [0.15, 0.2) is 0 Å². The van der Waals surface area contributed by atoms with Crippen molar-refractivity contribution in [2.24, 2.45) is 0 Å². The second kappa shape index (κ2) is 7.03. The van der Waals surface area contributed by atoms with Gasteiger partial charge in [-0.25, -0.2) is 0 Å². The summed E-state index contributed by atoms with van der Waals surface area (Å²) in [7, 11) is 2.09. The molecule has 1 aromatic rings. The highest BCUT2D eigenvalue weighted by atomic mass is 79.9. The van der Waals surface area contributed by atoms with Gasteiger partial charge in [-0.3, -0.25) is 4.79 Å². The molecule has 19 heavy (non-hydrogen) atoms. The number of amides is 1. The monoisotopic (exact) mass is 325 g/mol. The SMILES string of the molecule is CN1CCNC(CC(=O)NCc2cccc(Br)c2)C1. The van der Waals surface area contributed by atoms with E-state index in [9.17, 15) is 4.79 Å². The van der Waals surface area contributed by atoms with Crippen LogP contribution >= 0.6 is 15.9 Å². The maximum atomic E-state index is 11.9. The topological polar surface area (TPSA) is 44.4 Å². The van der Waals surface area contributed by atoms with E-state index in [0.717, 1.165) is 29.7 Å². The van der Waals surface area contributed by atoms with E-state index < -0.39 is 0 Å². The molecule has 1 unspecified atom stereocenters. The minimum atomic E-state index is 0.104. The van der Waals surface area contributed by atoms with Gasteiger partial charge in [-0.15, -0.1) is 0 Å². The molecule has 1 aliphatic rings. The number of hydrogen-bond donors (Lipinski definition) is 2. The Morgan fingerprint density at radius 3 is 3.16 bits per heavy atom. The zero-order chi connectivity index (χ0) is 13.7. The van der Waals surface area contributed by atoms with E-state index in [4.69, 9.17) is 0 Å². The molecule has 1 amide bonds. The fraction of sp³-hybridized carbons (Fsp3) is 0.500. The molecule has 1 aromatic carbocycles. The van der Waals surface area contributed by atoms with Crippen LogP contribution in [0.1, 0.15) is 12.0 Å². The van der Waals surface area contributed by atoms with E-state index in [0.29, 0.717) is 13.0 Å². The second-order valence-corrected chi connectivity index (χ2v) is 5.94. The average molecular weight is 326 g/mol. The molecule has 0 aromatic heterocycles. The Kier molecular flexibility index (Phi) is 5.36. The Morgan fingerprint density at radius 1 is 1.58 bits per heavy atom. The summed E-state index contributed by atoms with van der Waals surface area (Å²) in [6.45, 7) is 3.53. The van der Waals surface area contributed by atoms with Gasteiger partial charge in [0.05, 0.1) is 0 Å². The van der Waals surface area contributed by atoms with Gasteiger partial charge in [0.25, 0.3) is 0 Å². The molecular weight excluding hydrogens is 306 g/mol. The molecule has 0 saturated carbocycles. The van der Waals surface area contributed by atoms with Crippen molar-refractivity contribution in [3.63, 3.8) is 0 Å². The van der Waals surface area contributed by atoms with Gasteiger partial charge in [-0.1, -0.05) is 28.1 Å². The van der Waals surface area contributed by atoms with Crippen LogP contribution in [0.2, 0.25) is 0 Å². The van der Waals surface area contributed by atoms with Crippen LogP contribution in [0.4, 0.5) is 0 Å². The third kappa shape index (κ3) is 4.93. The first-order valence-corrected chi connectivity index (χ1v) is 7.36. The predicted octanol–water partition coefficient (Wildman–Crippen LogP) is 1.36. The summed E-state index contributed by atoms with van der Waals surface area (Å²) in [5, 5.41) is 6.35. The molecule has 0 bridgehead atoms. The van der Waals surface area contributed by atoms with Crippen molar-refractivity contribution in [3.8, 4) is 0 Å². The molecule has 1 fully saturated rings. The van der Waals surface area contributed by atoms with Gasteiger partial charge in [0, 0.05) is 43.1 Å². The second-order valence-electron chi connectivity index (χ2n) is 5.02. The van der Waals surface area contributed by atoms with Crippen molar-refractivity contribution in [2.75, 3.05) is 26.7 Å². The minimum absolute atomic E-state index is 0.104. The van der Waals surface area contributed by atoms with Crippen LogP contribution in [-0.2, 0) is 11.3 Å². The molecule has 2 N–H and O–H groups in total. The molecule has 5 heteroatoms. The first-order valence-electron chi connectivity index (χ1n) is 6.56. The van der Waals surface area contributed by atoms with Gasteiger partial charge in [0.2, 0.25) is 5.91 Å². The molecule has 1 heterocycles. The molecule has 104 valence electrons. The van der Waals surface area contributed by atoms with Crippen LogP contribution < -0.4 is 10.6 Å². The van der Waals surface area contributed by atoms with E-state index >= 15 is 0 Å². The van der Waals surface area contributed by atoms with Crippen LogP contribution in [-0.4, -0.2) is 43.5 Å². The molecule has 1 atom stereocenters. The van der Waals surface area contributed by atoms with E-state index in [2.05, 4.69) is 38.5 Å². The van der Waals surface area contributed by atoms with E-state index in [1.807, 2.05) is 24.3 Å². The Labute approximate surface area is 122 Å². The van der Waals surface area contributed by atoms with Crippen molar-refractivity contribution in [2.45, 2.75) is 19.0 Å². The van der Waals surface area contributed by atoms with Crippen LogP contribution in [0.5, 0.6) is 0 Å². The Balaban J connectivity index is 1.75. The summed E-state index contributed by atoms with van der Waals surface area (Å²) in [6, 6.07) is 8.25. The summed E-state index contributed by atoms with van der Waals surface area (Å²) in [5.41, 5.74) is 1.11. The van der Waals surface area contributed by atoms with E-state index in [1.165, 1.54) is 0 Å². The number of rotatable bonds is 4. The number of carbonyl (C=O) groups excluding carboxylic acids is 1. The lowest BCUT2D eigenvalue weighted by atomic mass is 10.1. The standard InChI is InChI=1S/C14H20BrN3O/c1-18-6-5-16-13(10-18)8-14(19)17-9-11-3-2-4-12(15)7-11/h2-4,7,13,16H,5-6,8-10H2,1H3,(H,17,19). The van der Waals surface area contributed by atoms with Crippen LogP contribution in [0, 0.1) is 0 Å². The molecule has 2 rings (SSSR count). The van der Waals surface area contributed by atoms with Crippen LogP contribution in [0.25, 0.3) is 0 Å².